The molecule has 2 amide bonds. The first-order valence-corrected chi connectivity index (χ1v) is 7.54. The van der Waals surface area contributed by atoms with Gasteiger partial charge in [-0.2, -0.15) is 0 Å². The Bertz CT molecular complexity index is 731. The molecule has 118 valence electrons. The molecule has 2 aromatic rings. The summed E-state index contributed by atoms with van der Waals surface area (Å²) in [5.74, 6) is 0.146. The number of hydrogen-bond donors (Lipinski definition) is 1. The maximum atomic E-state index is 12.1. The van der Waals surface area contributed by atoms with Crippen molar-refractivity contribution in [3.8, 4) is 5.75 Å². The molecule has 0 saturated heterocycles. The van der Waals surface area contributed by atoms with Crippen LogP contribution in [-0.4, -0.2) is 25.0 Å². The van der Waals surface area contributed by atoms with Gasteiger partial charge in [-0.15, -0.1) is 0 Å². The molecular weight excluding hydrogens is 316 g/mol. The first kappa shape index (κ1) is 15.4. The number of carbonyl (C=O) groups excluding carboxylic acids is 2. The van der Waals surface area contributed by atoms with Crippen LogP contribution in [0.25, 0.3) is 0 Å². The summed E-state index contributed by atoms with van der Waals surface area (Å²) >= 11 is 5.82. The van der Waals surface area contributed by atoms with Gasteiger partial charge in [0.2, 0.25) is 5.91 Å². The molecule has 3 rings (SSSR count). The normalized spacial score (nSPS) is 13.3. The predicted octanol–water partition coefficient (Wildman–Crippen LogP) is 2.38. The van der Waals surface area contributed by atoms with E-state index in [0.717, 1.165) is 5.56 Å². The number of ether oxygens (including phenoxy) is 1. The highest BCUT2D eigenvalue weighted by Crippen LogP contribution is 2.31. The Labute approximate surface area is 138 Å². The third-order valence-electron chi connectivity index (χ3n) is 3.51. The largest absolute Gasteiger partial charge is 0.482 e. The van der Waals surface area contributed by atoms with Gasteiger partial charge < -0.3 is 10.1 Å². The van der Waals surface area contributed by atoms with E-state index in [4.69, 9.17) is 16.3 Å². The van der Waals surface area contributed by atoms with Crippen LogP contribution in [0.1, 0.15) is 5.56 Å². The topological polar surface area (TPSA) is 58.6 Å². The Morgan fingerprint density at radius 3 is 2.70 bits per heavy atom. The number of para-hydroxylation sites is 2. The fourth-order valence-corrected chi connectivity index (χ4v) is 2.46. The van der Waals surface area contributed by atoms with E-state index in [2.05, 4.69) is 5.32 Å². The lowest BCUT2D eigenvalue weighted by Gasteiger charge is -2.28. The summed E-state index contributed by atoms with van der Waals surface area (Å²) in [6, 6.07) is 14.4. The summed E-state index contributed by atoms with van der Waals surface area (Å²) in [7, 11) is 0. The van der Waals surface area contributed by atoms with Gasteiger partial charge in [-0.1, -0.05) is 35.9 Å². The summed E-state index contributed by atoms with van der Waals surface area (Å²) in [4.78, 5) is 25.6. The summed E-state index contributed by atoms with van der Waals surface area (Å²) in [6.45, 7) is 0.296. The van der Waals surface area contributed by atoms with Crippen LogP contribution in [0.4, 0.5) is 5.69 Å². The Kier molecular flexibility index (Phi) is 4.48. The molecule has 0 unspecified atom stereocenters. The van der Waals surface area contributed by atoms with Gasteiger partial charge in [-0.25, -0.2) is 0 Å². The van der Waals surface area contributed by atoms with Crippen LogP contribution in [-0.2, 0) is 16.1 Å². The minimum absolute atomic E-state index is 0.0349. The molecule has 0 aliphatic carbocycles. The Balaban J connectivity index is 1.63. The van der Waals surface area contributed by atoms with E-state index < -0.39 is 0 Å². The van der Waals surface area contributed by atoms with Crippen LogP contribution in [0.5, 0.6) is 5.75 Å². The number of fused-ring (bicyclic) bond motifs is 1. The number of nitrogens with one attached hydrogen (secondary N) is 1. The van der Waals surface area contributed by atoms with Crippen molar-refractivity contribution in [2.75, 3.05) is 18.1 Å². The number of nitrogens with zero attached hydrogens (tertiary/aromatic N) is 1. The molecule has 0 fully saturated rings. The molecule has 1 N–H and O–H groups in total. The lowest BCUT2D eigenvalue weighted by Crippen LogP contribution is -2.45. The molecule has 0 saturated carbocycles. The maximum Gasteiger partial charge on any atom is 0.265 e. The van der Waals surface area contributed by atoms with Crippen LogP contribution in [0.2, 0.25) is 5.02 Å². The molecule has 0 atom stereocenters. The van der Waals surface area contributed by atoms with E-state index in [1.165, 1.54) is 4.90 Å². The van der Waals surface area contributed by atoms with E-state index in [0.29, 0.717) is 23.0 Å². The number of rotatable bonds is 4. The van der Waals surface area contributed by atoms with Crippen molar-refractivity contribution >= 4 is 29.1 Å². The van der Waals surface area contributed by atoms with E-state index in [1.807, 2.05) is 18.2 Å². The highest BCUT2D eigenvalue weighted by atomic mass is 35.5. The number of anilines is 1. The van der Waals surface area contributed by atoms with Gasteiger partial charge in [0.25, 0.3) is 5.91 Å². The Morgan fingerprint density at radius 1 is 1.17 bits per heavy atom. The van der Waals surface area contributed by atoms with Crippen molar-refractivity contribution < 1.29 is 14.3 Å². The number of halogens is 1. The second kappa shape index (κ2) is 6.71. The number of amides is 2. The quantitative estimate of drug-likeness (QED) is 0.936. The van der Waals surface area contributed by atoms with E-state index >= 15 is 0 Å². The average molecular weight is 331 g/mol. The first-order valence-electron chi connectivity index (χ1n) is 7.17. The van der Waals surface area contributed by atoms with E-state index in [9.17, 15) is 9.59 Å². The highest BCUT2D eigenvalue weighted by Gasteiger charge is 2.26. The molecule has 2 aromatic carbocycles. The summed E-state index contributed by atoms with van der Waals surface area (Å²) in [5, 5.41) is 3.45. The third kappa shape index (κ3) is 3.63. The zero-order valence-electron chi connectivity index (χ0n) is 12.3. The molecule has 0 radical (unpaired) electrons. The maximum absolute atomic E-state index is 12.1. The molecule has 6 heteroatoms. The number of hydrogen-bond acceptors (Lipinski definition) is 3. The predicted molar refractivity (Wildman–Crippen MR) is 87.6 cm³/mol. The minimum atomic E-state index is -0.231. The van der Waals surface area contributed by atoms with Crippen LogP contribution in [0, 0.1) is 0 Å². The molecule has 23 heavy (non-hydrogen) atoms. The van der Waals surface area contributed by atoms with Gasteiger partial charge in [-0.05, 0) is 29.8 Å². The van der Waals surface area contributed by atoms with E-state index in [1.54, 1.807) is 30.3 Å². The number of carbonyl (C=O) groups is 2. The molecule has 0 aromatic heterocycles. The zero-order valence-corrected chi connectivity index (χ0v) is 13.0. The second-order valence-corrected chi connectivity index (χ2v) is 5.58. The smallest absolute Gasteiger partial charge is 0.265 e. The average Bonchev–Trinajstić information content (AvgIpc) is 2.57. The zero-order chi connectivity index (χ0) is 16.2. The van der Waals surface area contributed by atoms with Crippen LogP contribution in [0.3, 0.4) is 0 Å². The van der Waals surface area contributed by atoms with Crippen LogP contribution < -0.4 is 15.0 Å². The lowest BCUT2D eigenvalue weighted by atomic mass is 10.2. The third-order valence-corrected chi connectivity index (χ3v) is 3.76. The molecule has 1 aliphatic heterocycles. The Hall–Kier alpha value is -2.53. The fourth-order valence-electron chi connectivity index (χ4n) is 2.33. The monoisotopic (exact) mass is 330 g/mol. The molecule has 1 heterocycles. The summed E-state index contributed by atoms with van der Waals surface area (Å²) in [6.07, 6.45) is 0. The van der Waals surface area contributed by atoms with Crippen LogP contribution in [0.15, 0.2) is 48.5 Å². The highest BCUT2D eigenvalue weighted by molar-refractivity contribution is 6.30. The standard InChI is InChI=1S/C17H15ClN2O3/c18-13-7-5-12(6-8-13)9-19-16(21)10-20-14-3-1-2-4-15(14)23-11-17(20)22/h1-8H,9-11H2,(H,19,21). The molecule has 0 spiro atoms. The SMILES string of the molecule is O=C(CN1C(=O)COc2ccccc21)NCc1ccc(Cl)cc1. The van der Waals surface area contributed by atoms with Crippen molar-refractivity contribution in [1.29, 1.82) is 0 Å². The van der Waals surface area contributed by atoms with E-state index in [-0.39, 0.29) is 25.0 Å². The molecule has 1 aliphatic rings. The lowest BCUT2D eigenvalue weighted by molar-refractivity contribution is -0.125. The van der Waals surface area contributed by atoms with Crippen molar-refractivity contribution in [2.45, 2.75) is 6.54 Å². The Morgan fingerprint density at radius 2 is 1.91 bits per heavy atom. The van der Waals surface area contributed by atoms with Gasteiger partial charge >= 0.3 is 0 Å². The first-order chi connectivity index (χ1) is 11.1. The summed E-state index contributed by atoms with van der Waals surface area (Å²) in [5.41, 5.74) is 1.56. The fraction of sp³-hybridized carbons (Fsp3) is 0.176. The minimum Gasteiger partial charge on any atom is -0.482 e. The molecule has 5 nitrogen and oxygen atoms in total. The van der Waals surface area contributed by atoms with Crippen molar-refractivity contribution in [2.24, 2.45) is 0 Å². The second-order valence-electron chi connectivity index (χ2n) is 5.14. The summed E-state index contributed by atoms with van der Waals surface area (Å²) < 4.78 is 5.35. The van der Waals surface area contributed by atoms with Crippen LogP contribution >= 0.6 is 11.6 Å². The molecular formula is C17H15ClN2O3. The van der Waals surface area contributed by atoms with Crippen molar-refractivity contribution in [3.05, 3.63) is 59.1 Å². The van der Waals surface area contributed by atoms with Gasteiger partial charge in [0.05, 0.1) is 5.69 Å². The van der Waals surface area contributed by atoms with Gasteiger partial charge in [0, 0.05) is 11.6 Å². The van der Waals surface area contributed by atoms with Gasteiger partial charge in [-0.3, -0.25) is 14.5 Å². The number of benzene rings is 2. The van der Waals surface area contributed by atoms with Crippen molar-refractivity contribution in [1.82, 2.24) is 5.32 Å². The van der Waals surface area contributed by atoms with Crippen molar-refractivity contribution in [3.63, 3.8) is 0 Å². The molecule has 0 bridgehead atoms. The van der Waals surface area contributed by atoms with Gasteiger partial charge in [0.1, 0.15) is 12.3 Å². The van der Waals surface area contributed by atoms with Gasteiger partial charge in [0.15, 0.2) is 6.61 Å².